The third kappa shape index (κ3) is 5.07. The molecule has 0 spiro atoms. The summed E-state index contributed by atoms with van der Waals surface area (Å²) in [6, 6.07) is 38.3. The minimum absolute atomic E-state index is 0.00203. The molecule has 0 fully saturated rings. The first kappa shape index (κ1) is 23.9. The lowest BCUT2D eigenvalue weighted by Crippen LogP contribution is -2.00. The molecule has 0 saturated heterocycles. The maximum absolute atomic E-state index is 9.51. The second kappa shape index (κ2) is 12.8. The summed E-state index contributed by atoms with van der Waals surface area (Å²) in [5.41, 5.74) is 5.75. The Morgan fingerprint density at radius 2 is 1.07 bits per heavy atom. The fourth-order valence-electron chi connectivity index (χ4n) is 8.07. The van der Waals surface area contributed by atoms with Crippen molar-refractivity contribution in [3.63, 3.8) is 0 Å². The van der Waals surface area contributed by atoms with E-state index in [-0.39, 0.29) is 44.7 Å². The highest BCUT2D eigenvalue weighted by Crippen LogP contribution is 2.43. The Hall–Kier alpha value is -7.89. The van der Waals surface area contributed by atoms with Gasteiger partial charge in [-0.3, -0.25) is 0 Å². The summed E-state index contributed by atoms with van der Waals surface area (Å²) in [5.74, 6) is 1.63. The molecule has 0 aliphatic carbocycles. The lowest BCUT2D eigenvalue weighted by atomic mass is 9.92. The molecule has 3 aromatic heterocycles. The van der Waals surface area contributed by atoms with Gasteiger partial charge in [0.2, 0.25) is 0 Å². The van der Waals surface area contributed by atoms with Gasteiger partial charge in [0.05, 0.1) is 24.7 Å². The Kier molecular flexibility index (Phi) is 5.29. The normalized spacial score (nSPS) is 14.2. The molecule has 0 aliphatic heterocycles. The van der Waals surface area contributed by atoms with Crippen molar-refractivity contribution in [3.8, 4) is 51.0 Å². The van der Waals surface area contributed by atoms with Crippen molar-refractivity contribution in [1.29, 1.82) is 0 Å². The van der Waals surface area contributed by atoms with Crippen LogP contribution in [0.5, 0.6) is 0 Å². The third-order valence-electron chi connectivity index (χ3n) is 10.7. The summed E-state index contributed by atoms with van der Waals surface area (Å²) in [5, 5.41) is 2.99. The van der Waals surface area contributed by atoms with Gasteiger partial charge in [-0.25, -0.2) is 15.0 Å². The minimum atomic E-state index is -0.573. The molecular weight excluding hydrogens is 709 g/mol. The van der Waals surface area contributed by atoms with E-state index in [2.05, 4.69) is 18.2 Å². The molecule has 0 bridgehead atoms. The van der Waals surface area contributed by atoms with Crippen molar-refractivity contribution in [2.45, 2.75) is 0 Å². The van der Waals surface area contributed by atoms with Gasteiger partial charge in [0.15, 0.2) is 17.5 Å². The zero-order chi connectivity index (χ0) is 46.9. The van der Waals surface area contributed by atoms with Crippen LogP contribution in [0.4, 0.5) is 0 Å². The Morgan fingerprint density at radius 3 is 1.83 bits per heavy atom. The van der Waals surface area contributed by atoms with Gasteiger partial charge in [-0.15, -0.1) is 0 Å². The minimum Gasteiger partial charge on any atom is -0.456 e. The van der Waals surface area contributed by atoms with Gasteiger partial charge < -0.3 is 8.98 Å². The highest BCUT2D eigenvalue weighted by atomic mass is 16.3. The highest BCUT2D eigenvalue weighted by Gasteiger charge is 2.20. The molecule has 0 amide bonds. The number of para-hydroxylation sites is 1. The summed E-state index contributed by atoms with van der Waals surface area (Å²) >= 11 is 0. The van der Waals surface area contributed by atoms with E-state index in [1.807, 2.05) is 103 Å². The van der Waals surface area contributed by atoms with Crippen LogP contribution >= 0.6 is 0 Å². The Bertz CT molecular complexity index is 4100. The van der Waals surface area contributed by atoms with Gasteiger partial charge in [0.25, 0.3) is 0 Å². The van der Waals surface area contributed by atoms with E-state index in [9.17, 15) is 2.74 Å². The maximum Gasteiger partial charge on any atom is 0.164 e. The van der Waals surface area contributed by atoms with Gasteiger partial charge >= 0.3 is 0 Å². The zero-order valence-corrected chi connectivity index (χ0v) is 30.4. The van der Waals surface area contributed by atoms with Crippen LogP contribution in [0.1, 0.15) is 13.7 Å². The Balaban J connectivity index is 1.08. The van der Waals surface area contributed by atoms with Gasteiger partial charge in [-0.1, -0.05) is 145 Å². The molecule has 0 atom stereocenters. The first-order valence-electron chi connectivity index (χ1n) is 23.7. The molecule has 0 aliphatic rings. The number of hydrogen-bond donors (Lipinski definition) is 0. The first-order valence-corrected chi connectivity index (χ1v) is 18.7. The lowest BCUT2D eigenvalue weighted by molar-refractivity contribution is 0.668. The standard InChI is InChI=1S/C53H32N4O/c1-3-14-33(15-4-1)51-54-52(34-16-5-2-6-17-34)56-53(55-51)43-29-28-40(38-20-9-10-21-39(38)43)42-23-13-25-48-50(42)44-27-26-37(32-49(44)58-48)57-46-24-12-11-22-41(46)45-30-35-18-7-8-19-36(35)31-47(45)57/h1-32H/i7D,8D,11D,12D,18D,19D,22D,24D,30D,31D. The summed E-state index contributed by atoms with van der Waals surface area (Å²) in [6.45, 7) is 0. The molecule has 12 rings (SSSR count). The van der Waals surface area contributed by atoms with E-state index in [0.717, 1.165) is 49.4 Å². The number of hydrogen-bond acceptors (Lipinski definition) is 4. The van der Waals surface area contributed by atoms with E-state index in [4.69, 9.17) is 30.3 Å². The van der Waals surface area contributed by atoms with Crippen LogP contribution in [0.15, 0.2) is 198 Å². The fraction of sp³-hybridized carbons (Fsp3) is 0. The summed E-state index contributed by atoms with van der Waals surface area (Å²) < 4.78 is 96.6. The molecule has 9 aromatic carbocycles. The number of nitrogens with zero attached hydrogens (tertiary/aromatic N) is 4. The molecule has 0 saturated carbocycles. The predicted octanol–water partition coefficient (Wildman–Crippen LogP) is 13.8. The smallest absolute Gasteiger partial charge is 0.164 e. The molecule has 12 aromatic rings. The largest absolute Gasteiger partial charge is 0.456 e. The number of benzene rings is 9. The molecule has 0 unspecified atom stereocenters. The van der Waals surface area contributed by atoms with Gasteiger partial charge in [0.1, 0.15) is 11.2 Å². The lowest BCUT2D eigenvalue weighted by Gasteiger charge is -2.13. The SMILES string of the molecule is [2H]c1c([2H])c([2H])c2c([2H])c3c(c([2H])c2c1[2H])c1c([2H])c([2H])c([2H])c([2H])c1n3-c1ccc2c(c1)oc1cccc(-c3ccc(-c4nc(-c5ccccc5)nc(-c5ccccc5)n4)c4ccccc34)c12. The fourth-order valence-corrected chi connectivity index (χ4v) is 8.07. The average Bonchev–Trinajstić information content (AvgIpc) is 3.94. The van der Waals surface area contributed by atoms with Crippen LogP contribution in [-0.2, 0) is 0 Å². The number of furan rings is 1. The molecule has 3 heterocycles. The molecule has 0 N–H and O–H groups in total. The van der Waals surface area contributed by atoms with Crippen LogP contribution in [0.25, 0.3) is 116 Å². The van der Waals surface area contributed by atoms with E-state index < -0.39 is 48.3 Å². The number of fused-ring (bicyclic) bond motifs is 8. The predicted molar refractivity (Wildman–Crippen MR) is 238 cm³/mol. The van der Waals surface area contributed by atoms with Crippen molar-refractivity contribution < 1.29 is 18.1 Å². The maximum atomic E-state index is 9.51. The topological polar surface area (TPSA) is 56.7 Å². The first-order chi connectivity index (χ1) is 32.9. The summed E-state index contributed by atoms with van der Waals surface area (Å²) in [6.07, 6.45) is 0. The zero-order valence-electron chi connectivity index (χ0n) is 40.4. The quantitative estimate of drug-likeness (QED) is 0.176. The second-order valence-electron chi connectivity index (χ2n) is 14.0. The summed E-state index contributed by atoms with van der Waals surface area (Å²) in [4.78, 5) is 14.9. The Morgan fingerprint density at radius 1 is 0.431 bits per heavy atom. The van der Waals surface area contributed by atoms with Crippen molar-refractivity contribution >= 4 is 65.3 Å². The third-order valence-corrected chi connectivity index (χ3v) is 10.7. The van der Waals surface area contributed by atoms with E-state index in [0.29, 0.717) is 34.3 Å². The monoisotopic (exact) mass is 750 g/mol. The van der Waals surface area contributed by atoms with Crippen LogP contribution in [-0.4, -0.2) is 19.5 Å². The average molecular weight is 751 g/mol. The van der Waals surface area contributed by atoms with Crippen LogP contribution in [0.2, 0.25) is 0 Å². The van der Waals surface area contributed by atoms with Crippen LogP contribution < -0.4 is 0 Å². The second-order valence-corrected chi connectivity index (χ2v) is 14.0. The van der Waals surface area contributed by atoms with Gasteiger partial charge in [-0.05, 0) is 75.1 Å². The van der Waals surface area contributed by atoms with E-state index in [1.54, 1.807) is 12.1 Å². The van der Waals surface area contributed by atoms with Crippen LogP contribution in [0.3, 0.4) is 0 Å². The molecule has 58 heavy (non-hydrogen) atoms. The van der Waals surface area contributed by atoms with Crippen LogP contribution in [0, 0.1) is 0 Å². The Labute approximate surface area is 347 Å². The molecular formula is C53H32N4O. The van der Waals surface area contributed by atoms with Gasteiger partial charge in [0, 0.05) is 50.0 Å². The van der Waals surface area contributed by atoms with Crippen molar-refractivity contribution in [2.24, 2.45) is 0 Å². The van der Waals surface area contributed by atoms with Crippen molar-refractivity contribution in [1.82, 2.24) is 19.5 Å². The van der Waals surface area contributed by atoms with Crippen molar-refractivity contribution in [3.05, 3.63) is 194 Å². The number of aromatic nitrogens is 4. The van der Waals surface area contributed by atoms with E-state index in [1.165, 1.54) is 4.57 Å². The molecule has 270 valence electrons. The van der Waals surface area contributed by atoms with Gasteiger partial charge in [-0.2, -0.15) is 0 Å². The molecule has 5 heteroatoms. The molecule has 0 radical (unpaired) electrons. The molecule has 5 nitrogen and oxygen atoms in total. The highest BCUT2D eigenvalue weighted by molar-refractivity contribution is 6.17. The van der Waals surface area contributed by atoms with E-state index >= 15 is 0 Å². The van der Waals surface area contributed by atoms with Crippen molar-refractivity contribution in [2.75, 3.05) is 0 Å². The summed E-state index contributed by atoms with van der Waals surface area (Å²) in [7, 11) is 0. The number of rotatable bonds is 5.